The van der Waals surface area contributed by atoms with Crippen LogP contribution in [0.1, 0.15) is 6.42 Å². The summed E-state index contributed by atoms with van der Waals surface area (Å²) in [4.78, 5) is 1.93. The number of rotatable bonds is 7. The van der Waals surface area contributed by atoms with Crippen molar-refractivity contribution in [2.24, 2.45) is 0 Å². The second-order valence-electron chi connectivity index (χ2n) is 4.37. The number of hydrogen-bond donors (Lipinski definition) is 1. The van der Waals surface area contributed by atoms with Gasteiger partial charge in [-0.15, -0.1) is 11.6 Å². The molecular formula is C15H16ClNO2S2. The summed E-state index contributed by atoms with van der Waals surface area (Å²) in [6.07, 6.45) is 0.435. The van der Waals surface area contributed by atoms with Crippen LogP contribution in [-0.2, 0) is 10.0 Å². The van der Waals surface area contributed by atoms with Crippen LogP contribution in [0.15, 0.2) is 64.4 Å². The SMILES string of the molecule is O=S(=O)(CCCCl)Nc1ccccc1Sc1ccccc1. The third-order valence-corrected chi connectivity index (χ3v) is 5.38. The molecule has 3 nitrogen and oxygen atoms in total. The number of para-hydroxylation sites is 1. The topological polar surface area (TPSA) is 46.2 Å². The quantitative estimate of drug-likeness (QED) is 0.767. The van der Waals surface area contributed by atoms with Crippen LogP contribution < -0.4 is 4.72 Å². The highest BCUT2D eigenvalue weighted by Crippen LogP contribution is 2.33. The Balaban J connectivity index is 2.17. The molecule has 0 aliphatic carbocycles. The van der Waals surface area contributed by atoms with Crippen LogP contribution in [0.2, 0.25) is 0 Å². The largest absolute Gasteiger partial charge is 0.282 e. The summed E-state index contributed by atoms with van der Waals surface area (Å²) in [6.45, 7) is 0. The Kier molecular flexibility index (Phi) is 5.96. The minimum atomic E-state index is -3.36. The van der Waals surface area contributed by atoms with Crippen molar-refractivity contribution in [3.8, 4) is 0 Å². The summed E-state index contributed by atoms with van der Waals surface area (Å²) < 4.78 is 26.6. The summed E-state index contributed by atoms with van der Waals surface area (Å²) in [6, 6.07) is 17.2. The molecule has 0 saturated heterocycles. The monoisotopic (exact) mass is 341 g/mol. The predicted molar refractivity (Wildman–Crippen MR) is 89.8 cm³/mol. The van der Waals surface area contributed by atoms with Gasteiger partial charge in [-0.1, -0.05) is 42.1 Å². The molecule has 0 aliphatic heterocycles. The Morgan fingerprint density at radius 3 is 2.38 bits per heavy atom. The molecule has 6 heteroatoms. The average Bonchev–Trinajstić information content (AvgIpc) is 2.48. The summed E-state index contributed by atoms with van der Waals surface area (Å²) in [5, 5.41) is 0. The van der Waals surface area contributed by atoms with E-state index in [4.69, 9.17) is 11.6 Å². The lowest BCUT2D eigenvalue weighted by molar-refractivity contribution is 0.600. The molecule has 21 heavy (non-hydrogen) atoms. The summed E-state index contributed by atoms with van der Waals surface area (Å²) in [5.74, 6) is 0.363. The van der Waals surface area contributed by atoms with Crippen LogP contribution in [0.4, 0.5) is 5.69 Å². The lowest BCUT2D eigenvalue weighted by Crippen LogP contribution is -2.17. The number of anilines is 1. The van der Waals surface area contributed by atoms with Gasteiger partial charge in [0.05, 0.1) is 11.4 Å². The van der Waals surface area contributed by atoms with Crippen molar-refractivity contribution in [2.45, 2.75) is 16.2 Å². The number of alkyl halides is 1. The lowest BCUT2D eigenvalue weighted by Gasteiger charge is -2.12. The number of halogens is 1. The van der Waals surface area contributed by atoms with E-state index < -0.39 is 10.0 Å². The van der Waals surface area contributed by atoms with Crippen molar-refractivity contribution in [2.75, 3.05) is 16.4 Å². The molecule has 0 bridgehead atoms. The number of sulfonamides is 1. The van der Waals surface area contributed by atoms with Gasteiger partial charge in [0.1, 0.15) is 0 Å². The molecule has 0 spiro atoms. The van der Waals surface area contributed by atoms with E-state index in [9.17, 15) is 8.42 Å². The normalized spacial score (nSPS) is 11.3. The fourth-order valence-electron chi connectivity index (χ4n) is 1.72. The Morgan fingerprint density at radius 1 is 1.00 bits per heavy atom. The zero-order valence-corrected chi connectivity index (χ0v) is 13.7. The van der Waals surface area contributed by atoms with Gasteiger partial charge in [0.15, 0.2) is 0 Å². The second kappa shape index (κ2) is 7.73. The van der Waals surface area contributed by atoms with Crippen molar-refractivity contribution in [1.29, 1.82) is 0 Å². The molecule has 0 heterocycles. The minimum absolute atomic E-state index is 0.0286. The van der Waals surface area contributed by atoms with E-state index in [1.54, 1.807) is 6.07 Å². The summed E-state index contributed by atoms with van der Waals surface area (Å²) in [5.41, 5.74) is 0.598. The molecule has 2 aromatic rings. The van der Waals surface area contributed by atoms with Gasteiger partial charge in [0.25, 0.3) is 0 Å². The molecule has 2 aromatic carbocycles. The van der Waals surface area contributed by atoms with Gasteiger partial charge in [-0.3, -0.25) is 4.72 Å². The molecule has 2 rings (SSSR count). The van der Waals surface area contributed by atoms with Crippen LogP contribution in [0.3, 0.4) is 0 Å². The average molecular weight is 342 g/mol. The van der Waals surface area contributed by atoms with Crippen LogP contribution in [0, 0.1) is 0 Å². The Bertz CT molecular complexity index is 675. The van der Waals surface area contributed by atoms with Crippen LogP contribution in [-0.4, -0.2) is 20.1 Å². The molecule has 1 N–H and O–H groups in total. The van der Waals surface area contributed by atoms with Crippen LogP contribution >= 0.6 is 23.4 Å². The zero-order valence-electron chi connectivity index (χ0n) is 11.3. The highest BCUT2D eigenvalue weighted by Gasteiger charge is 2.12. The first-order valence-corrected chi connectivity index (χ1v) is 9.49. The van der Waals surface area contributed by atoms with E-state index in [2.05, 4.69) is 4.72 Å². The van der Waals surface area contributed by atoms with E-state index in [1.807, 2.05) is 48.5 Å². The molecule has 112 valence electrons. The van der Waals surface area contributed by atoms with Gasteiger partial charge in [0, 0.05) is 15.7 Å². The molecule has 0 saturated carbocycles. The molecule has 0 aromatic heterocycles. The lowest BCUT2D eigenvalue weighted by atomic mass is 10.3. The van der Waals surface area contributed by atoms with Crippen LogP contribution in [0.25, 0.3) is 0 Å². The summed E-state index contributed by atoms with van der Waals surface area (Å²) in [7, 11) is -3.36. The van der Waals surface area contributed by atoms with E-state index in [0.29, 0.717) is 18.0 Å². The molecule has 0 fully saturated rings. The van der Waals surface area contributed by atoms with E-state index >= 15 is 0 Å². The Hall–Kier alpha value is -1.17. The molecule has 0 amide bonds. The number of hydrogen-bond acceptors (Lipinski definition) is 3. The highest BCUT2D eigenvalue weighted by molar-refractivity contribution is 7.99. The van der Waals surface area contributed by atoms with Gasteiger partial charge >= 0.3 is 0 Å². The van der Waals surface area contributed by atoms with E-state index in [-0.39, 0.29) is 5.75 Å². The molecular weight excluding hydrogens is 326 g/mol. The standard InChI is InChI=1S/C15H16ClNO2S2/c16-11-6-12-21(18,19)17-14-9-4-5-10-15(14)20-13-7-2-1-3-8-13/h1-5,7-10,17H,6,11-12H2. The fourth-order valence-corrected chi connectivity index (χ4v) is 4.14. The molecule has 0 atom stereocenters. The van der Waals surface area contributed by atoms with E-state index in [1.165, 1.54) is 11.8 Å². The summed E-state index contributed by atoms with van der Waals surface area (Å²) >= 11 is 7.08. The highest BCUT2D eigenvalue weighted by atomic mass is 35.5. The molecule has 0 aliphatic rings. The van der Waals surface area contributed by atoms with Crippen molar-refractivity contribution in [3.63, 3.8) is 0 Å². The first-order valence-electron chi connectivity index (χ1n) is 6.49. The van der Waals surface area contributed by atoms with Gasteiger partial charge in [-0.05, 0) is 30.7 Å². The smallest absolute Gasteiger partial charge is 0.232 e. The third kappa shape index (κ3) is 5.26. The van der Waals surface area contributed by atoms with Crippen molar-refractivity contribution >= 4 is 39.1 Å². The number of nitrogens with one attached hydrogen (secondary N) is 1. The first kappa shape index (κ1) is 16.2. The van der Waals surface area contributed by atoms with E-state index in [0.717, 1.165) is 9.79 Å². The predicted octanol–water partition coefficient (Wildman–Crippen LogP) is 4.21. The second-order valence-corrected chi connectivity index (χ2v) is 7.71. The maximum Gasteiger partial charge on any atom is 0.232 e. The van der Waals surface area contributed by atoms with Gasteiger partial charge in [-0.2, -0.15) is 0 Å². The van der Waals surface area contributed by atoms with Crippen molar-refractivity contribution in [1.82, 2.24) is 0 Å². The zero-order chi connectivity index (χ0) is 15.1. The van der Waals surface area contributed by atoms with Gasteiger partial charge in [0.2, 0.25) is 10.0 Å². The number of benzene rings is 2. The fraction of sp³-hybridized carbons (Fsp3) is 0.200. The molecule has 0 radical (unpaired) electrons. The Morgan fingerprint density at radius 2 is 1.67 bits per heavy atom. The maximum atomic E-state index is 12.0. The minimum Gasteiger partial charge on any atom is -0.282 e. The third-order valence-electron chi connectivity index (χ3n) is 2.67. The van der Waals surface area contributed by atoms with Crippen LogP contribution in [0.5, 0.6) is 0 Å². The van der Waals surface area contributed by atoms with Crippen molar-refractivity contribution < 1.29 is 8.42 Å². The first-order chi connectivity index (χ1) is 10.1. The van der Waals surface area contributed by atoms with Gasteiger partial charge in [-0.25, -0.2) is 8.42 Å². The Labute approximate surface area is 134 Å². The van der Waals surface area contributed by atoms with Gasteiger partial charge < -0.3 is 0 Å². The maximum absolute atomic E-state index is 12.0. The van der Waals surface area contributed by atoms with Crippen molar-refractivity contribution in [3.05, 3.63) is 54.6 Å². The molecule has 0 unspecified atom stereocenters.